The number of rotatable bonds is 2. The summed E-state index contributed by atoms with van der Waals surface area (Å²) in [6.07, 6.45) is 4.08. The van der Waals surface area contributed by atoms with E-state index < -0.39 is 0 Å². The number of hydrogen-bond donors (Lipinski definition) is 4. The Labute approximate surface area is 146 Å². The van der Waals surface area contributed by atoms with E-state index in [0.29, 0.717) is 5.75 Å². The number of aromatic amines is 1. The second-order valence-corrected chi connectivity index (χ2v) is 6.56. The highest BCUT2D eigenvalue weighted by Gasteiger charge is 2.15. The molecule has 0 spiro atoms. The SMILES string of the molecule is Cc1cc(C2=CC(c3[nH]c4ccccc4c3C)=CNN2)cc(C)c1O. The number of benzene rings is 2. The fourth-order valence-electron chi connectivity index (χ4n) is 3.41. The van der Waals surface area contributed by atoms with Crippen LogP contribution in [0.4, 0.5) is 0 Å². The van der Waals surface area contributed by atoms with Crippen LogP contribution in [-0.2, 0) is 0 Å². The molecule has 0 fully saturated rings. The predicted molar refractivity (Wildman–Crippen MR) is 103 cm³/mol. The number of hydrogen-bond acceptors (Lipinski definition) is 3. The summed E-state index contributed by atoms with van der Waals surface area (Å²) in [7, 11) is 0. The normalized spacial score (nSPS) is 13.9. The molecule has 2 aromatic carbocycles. The summed E-state index contributed by atoms with van der Waals surface area (Å²) in [5.41, 5.74) is 14.7. The van der Waals surface area contributed by atoms with E-state index in [2.05, 4.69) is 47.0 Å². The third-order valence-corrected chi connectivity index (χ3v) is 4.79. The first-order valence-corrected chi connectivity index (χ1v) is 8.36. The number of para-hydroxylation sites is 1. The molecule has 2 heterocycles. The molecule has 25 heavy (non-hydrogen) atoms. The Kier molecular flexibility index (Phi) is 3.53. The Bertz CT molecular complexity index is 1020. The van der Waals surface area contributed by atoms with Crippen molar-refractivity contribution in [3.05, 3.63) is 76.6 Å². The molecule has 0 unspecified atom stereocenters. The molecule has 0 amide bonds. The van der Waals surface area contributed by atoms with Crippen molar-refractivity contribution in [2.24, 2.45) is 0 Å². The molecule has 126 valence electrons. The van der Waals surface area contributed by atoms with Crippen LogP contribution in [0.25, 0.3) is 22.2 Å². The van der Waals surface area contributed by atoms with Gasteiger partial charge < -0.3 is 20.9 Å². The van der Waals surface area contributed by atoms with Gasteiger partial charge in [0.2, 0.25) is 0 Å². The van der Waals surface area contributed by atoms with Crippen molar-refractivity contribution in [3.63, 3.8) is 0 Å². The molecule has 3 aromatic rings. The molecule has 4 heteroatoms. The van der Waals surface area contributed by atoms with Gasteiger partial charge in [-0.2, -0.15) is 0 Å². The van der Waals surface area contributed by atoms with Gasteiger partial charge in [-0.3, -0.25) is 0 Å². The zero-order valence-electron chi connectivity index (χ0n) is 14.6. The number of aromatic hydroxyl groups is 1. The standard InChI is InChI=1S/C21H21N3O/c1-12-8-15(9-13(2)21(12)25)19-10-16(11-22-24-19)20-14(3)17-6-4-5-7-18(17)23-20/h4-11,22-25H,1-3H3. The molecule has 0 bridgehead atoms. The first kappa shape index (κ1) is 15.4. The minimum atomic E-state index is 0.357. The van der Waals surface area contributed by atoms with Crippen molar-refractivity contribution >= 4 is 22.2 Å². The molecule has 1 aromatic heterocycles. The Balaban J connectivity index is 1.79. The van der Waals surface area contributed by atoms with Gasteiger partial charge in [0, 0.05) is 28.2 Å². The van der Waals surface area contributed by atoms with Gasteiger partial charge >= 0.3 is 0 Å². The van der Waals surface area contributed by atoms with Crippen LogP contribution in [0, 0.1) is 20.8 Å². The Hall–Kier alpha value is -3.14. The monoisotopic (exact) mass is 331 g/mol. The smallest absolute Gasteiger partial charge is 0.121 e. The van der Waals surface area contributed by atoms with Crippen LogP contribution in [-0.4, -0.2) is 10.1 Å². The average molecular weight is 331 g/mol. The molecule has 4 nitrogen and oxygen atoms in total. The second kappa shape index (κ2) is 5.74. The predicted octanol–water partition coefficient (Wildman–Crippen LogP) is 4.29. The van der Waals surface area contributed by atoms with Crippen molar-refractivity contribution in [1.82, 2.24) is 15.8 Å². The molecule has 4 N–H and O–H groups in total. The zero-order chi connectivity index (χ0) is 17.6. The lowest BCUT2D eigenvalue weighted by molar-refractivity contribution is 0.467. The molecule has 0 saturated heterocycles. The Morgan fingerprint density at radius 3 is 2.40 bits per heavy atom. The Morgan fingerprint density at radius 2 is 1.68 bits per heavy atom. The summed E-state index contributed by atoms with van der Waals surface area (Å²) in [6.45, 7) is 5.97. The number of allylic oxidation sites excluding steroid dienone is 2. The third kappa shape index (κ3) is 2.56. The summed E-state index contributed by atoms with van der Waals surface area (Å²) in [4.78, 5) is 3.52. The number of hydrazine groups is 1. The summed E-state index contributed by atoms with van der Waals surface area (Å²) < 4.78 is 0. The number of aromatic nitrogens is 1. The number of nitrogens with one attached hydrogen (secondary N) is 3. The minimum absolute atomic E-state index is 0.357. The molecule has 0 saturated carbocycles. The van der Waals surface area contributed by atoms with Crippen molar-refractivity contribution in [2.45, 2.75) is 20.8 Å². The van der Waals surface area contributed by atoms with E-state index in [1.54, 1.807) is 0 Å². The van der Waals surface area contributed by atoms with E-state index in [1.807, 2.05) is 38.2 Å². The van der Waals surface area contributed by atoms with Crippen molar-refractivity contribution < 1.29 is 5.11 Å². The van der Waals surface area contributed by atoms with Crippen molar-refractivity contribution in [3.8, 4) is 5.75 Å². The average Bonchev–Trinajstić information content (AvgIpc) is 2.96. The first-order chi connectivity index (χ1) is 12.0. The van der Waals surface area contributed by atoms with E-state index in [1.165, 1.54) is 10.9 Å². The number of phenols is 1. The Morgan fingerprint density at radius 1 is 0.960 bits per heavy atom. The highest BCUT2D eigenvalue weighted by atomic mass is 16.3. The largest absolute Gasteiger partial charge is 0.507 e. The van der Waals surface area contributed by atoms with Gasteiger partial charge in [-0.15, -0.1) is 0 Å². The molecule has 0 atom stereocenters. The van der Waals surface area contributed by atoms with Gasteiger partial charge in [-0.05, 0) is 61.7 Å². The second-order valence-electron chi connectivity index (χ2n) is 6.56. The minimum Gasteiger partial charge on any atom is -0.507 e. The van der Waals surface area contributed by atoms with E-state index in [9.17, 15) is 5.11 Å². The van der Waals surface area contributed by atoms with Crippen LogP contribution >= 0.6 is 0 Å². The lowest BCUT2D eigenvalue weighted by Gasteiger charge is -2.19. The maximum absolute atomic E-state index is 10.0. The summed E-state index contributed by atoms with van der Waals surface area (Å²) in [6, 6.07) is 12.3. The lowest BCUT2D eigenvalue weighted by atomic mass is 10.00. The number of H-pyrrole nitrogens is 1. The molecule has 4 rings (SSSR count). The third-order valence-electron chi connectivity index (χ3n) is 4.79. The quantitative estimate of drug-likeness (QED) is 0.566. The fourth-order valence-corrected chi connectivity index (χ4v) is 3.41. The van der Waals surface area contributed by atoms with Crippen LogP contribution in [0.3, 0.4) is 0 Å². The van der Waals surface area contributed by atoms with Crippen LogP contribution in [0.15, 0.2) is 48.7 Å². The van der Waals surface area contributed by atoms with Crippen LogP contribution in [0.5, 0.6) is 5.75 Å². The molecule has 1 aliphatic heterocycles. The summed E-state index contributed by atoms with van der Waals surface area (Å²) >= 11 is 0. The maximum atomic E-state index is 10.0. The van der Waals surface area contributed by atoms with E-state index in [0.717, 1.165) is 39.2 Å². The van der Waals surface area contributed by atoms with Gasteiger partial charge in [0.25, 0.3) is 0 Å². The maximum Gasteiger partial charge on any atom is 0.121 e. The highest BCUT2D eigenvalue weighted by Crippen LogP contribution is 2.31. The van der Waals surface area contributed by atoms with E-state index in [-0.39, 0.29) is 0 Å². The van der Waals surface area contributed by atoms with E-state index >= 15 is 0 Å². The van der Waals surface area contributed by atoms with Gasteiger partial charge in [0.05, 0.1) is 11.4 Å². The molecular formula is C21H21N3O. The van der Waals surface area contributed by atoms with Gasteiger partial charge in [-0.25, -0.2) is 0 Å². The molecule has 1 aliphatic rings. The highest BCUT2D eigenvalue weighted by molar-refractivity contribution is 5.93. The van der Waals surface area contributed by atoms with Gasteiger partial charge in [-0.1, -0.05) is 18.2 Å². The van der Waals surface area contributed by atoms with E-state index in [4.69, 9.17) is 0 Å². The van der Waals surface area contributed by atoms with Crippen molar-refractivity contribution in [1.29, 1.82) is 0 Å². The van der Waals surface area contributed by atoms with Crippen LogP contribution in [0.1, 0.15) is 27.9 Å². The topological polar surface area (TPSA) is 60.1 Å². The zero-order valence-corrected chi connectivity index (χ0v) is 14.6. The van der Waals surface area contributed by atoms with Crippen molar-refractivity contribution in [2.75, 3.05) is 0 Å². The fraction of sp³-hybridized carbons (Fsp3) is 0.143. The number of fused-ring (bicyclic) bond motifs is 1. The first-order valence-electron chi connectivity index (χ1n) is 8.36. The summed E-state index contributed by atoms with van der Waals surface area (Å²) in [5, 5.41) is 11.2. The van der Waals surface area contributed by atoms with Crippen LogP contribution < -0.4 is 10.9 Å². The summed E-state index contributed by atoms with van der Waals surface area (Å²) in [5.74, 6) is 0.357. The number of aryl methyl sites for hydroxylation is 3. The molecule has 0 radical (unpaired) electrons. The molecule has 0 aliphatic carbocycles. The lowest BCUT2D eigenvalue weighted by Crippen LogP contribution is -2.28. The number of phenolic OH excluding ortho intramolecular Hbond substituents is 1. The van der Waals surface area contributed by atoms with Gasteiger partial charge in [0.1, 0.15) is 5.75 Å². The van der Waals surface area contributed by atoms with Crippen LogP contribution in [0.2, 0.25) is 0 Å². The van der Waals surface area contributed by atoms with Gasteiger partial charge in [0.15, 0.2) is 0 Å². The molecular weight excluding hydrogens is 310 g/mol.